The first-order valence-corrected chi connectivity index (χ1v) is 11.0. The van der Waals surface area contributed by atoms with Crippen LogP contribution in [0.5, 0.6) is 0 Å². The summed E-state index contributed by atoms with van der Waals surface area (Å²) in [5.41, 5.74) is 1.20. The van der Waals surface area contributed by atoms with Crippen molar-refractivity contribution >= 4 is 38.8 Å². The number of thioether (sulfide) groups is 1. The molecule has 1 aliphatic rings. The van der Waals surface area contributed by atoms with E-state index in [2.05, 4.69) is 21.7 Å². The second-order valence-electron chi connectivity index (χ2n) is 5.68. The molecule has 2 heterocycles. The van der Waals surface area contributed by atoms with Crippen molar-refractivity contribution in [3.05, 3.63) is 22.4 Å². The van der Waals surface area contributed by atoms with Gasteiger partial charge in [-0.05, 0) is 42.9 Å². The number of hydrogen-bond acceptors (Lipinski definition) is 6. The van der Waals surface area contributed by atoms with E-state index in [0.717, 1.165) is 0 Å². The predicted octanol–water partition coefficient (Wildman–Crippen LogP) is 1.39. The summed E-state index contributed by atoms with van der Waals surface area (Å²) in [7, 11) is 1.12. The molecule has 0 unspecified atom stereocenters. The molecule has 2 rings (SSSR count). The SMILES string of the molecule is CN(C)[C@H](CNC(=O)CS[C@@H]1CCS(=O)(=O)C1)c1ccsc1. The van der Waals surface area contributed by atoms with Gasteiger partial charge in [0.1, 0.15) is 0 Å². The van der Waals surface area contributed by atoms with Gasteiger partial charge in [-0.15, -0.1) is 11.8 Å². The van der Waals surface area contributed by atoms with Gasteiger partial charge in [0.2, 0.25) is 5.91 Å². The van der Waals surface area contributed by atoms with Crippen LogP contribution < -0.4 is 5.32 Å². The van der Waals surface area contributed by atoms with E-state index in [1.807, 2.05) is 19.5 Å². The Balaban J connectivity index is 1.75. The third-order valence-corrected chi connectivity index (χ3v) is 7.67. The van der Waals surface area contributed by atoms with E-state index in [9.17, 15) is 13.2 Å². The number of carbonyl (C=O) groups excluding carboxylic acids is 1. The molecule has 0 saturated carbocycles. The third-order valence-electron chi connectivity index (χ3n) is 3.68. The topological polar surface area (TPSA) is 66.5 Å². The van der Waals surface area contributed by atoms with Gasteiger partial charge in [0.15, 0.2) is 9.84 Å². The minimum Gasteiger partial charge on any atom is -0.353 e. The molecule has 0 aliphatic carbocycles. The Bertz CT molecular complexity index is 584. The van der Waals surface area contributed by atoms with Gasteiger partial charge in [-0.3, -0.25) is 4.79 Å². The van der Waals surface area contributed by atoms with Crippen LogP contribution in [-0.4, -0.2) is 62.4 Å². The Morgan fingerprint density at radius 1 is 1.55 bits per heavy atom. The van der Waals surface area contributed by atoms with Crippen LogP contribution in [0.3, 0.4) is 0 Å². The molecule has 1 aromatic rings. The molecule has 0 radical (unpaired) electrons. The number of nitrogens with zero attached hydrogens (tertiary/aromatic N) is 1. The van der Waals surface area contributed by atoms with Gasteiger partial charge in [-0.25, -0.2) is 8.42 Å². The van der Waals surface area contributed by atoms with Gasteiger partial charge in [-0.1, -0.05) is 0 Å². The molecule has 1 fully saturated rings. The lowest BCUT2D eigenvalue weighted by Crippen LogP contribution is -2.35. The Kier molecular flexibility index (Phi) is 6.31. The lowest BCUT2D eigenvalue weighted by Gasteiger charge is -2.24. The van der Waals surface area contributed by atoms with Crippen molar-refractivity contribution in [3.63, 3.8) is 0 Å². The van der Waals surface area contributed by atoms with Crippen LogP contribution in [0.25, 0.3) is 0 Å². The molecular formula is C14H22N2O3S3. The van der Waals surface area contributed by atoms with Crippen LogP contribution in [0.15, 0.2) is 16.8 Å². The lowest BCUT2D eigenvalue weighted by atomic mass is 10.1. The second kappa shape index (κ2) is 7.81. The maximum atomic E-state index is 12.0. The third kappa shape index (κ3) is 5.26. The lowest BCUT2D eigenvalue weighted by molar-refractivity contribution is -0.118. The molecule has 8 heteroatoms. The molecule has 0 bridgehead atoms. The second-order valence-corrected chi connectivity index (χ2v) is 9.97. The van der Waals surface area contributed by atoms with E-state index in [4.69, 9.17) is 0 Å². The van der Waals surface area contributed by atoms with Crippen LogP contribution in [0.4, 0.5) is 0 Å². The smallest absolute Gasteiger partial charge is 0.230 e. The van der Waals surface area contributed by atoms with Crippen molar-refractivity contribution in [2.75, 3.05) is 37.9 Å². The Hall–Kier alpha value is -0.570. The summed E-state index contributed by atoms with van der Waals surface area (Å²) in [6, 6.07) is 2.23. The molecule has 124 valence electrons. The monoisotopic (exact) mass is 362 g/mol. The van der Waals surface area contributed by atoms with Crippen LogP contribution >= 0.6 is 23.1 Å². The summed E-state index contributed by atoms with van der Waals surface area (Å²) in [6.45, 7) is 0.562. The van der Waals surface area contributed by atoms with Crippen molar-refractivity contribution in [2.45, 2.75) is 17.7 Å². The fraction of sp³-hybridized carbons (Fsp3) is 0.643. The number of likely N-dealkylation sites (N-methyl/N-ethyl adjacent to an activating group) is 1. The summed E-state index contributed by atoms with van der Waals surface area (Å²) >= 11 is 3.10. The normalized spacial score (nSPS) is 21.9. The Labute approximate surface area is 140 Å². The van der Waals surface area contributed by atoms with E-state index >= 15 is 0 Å². The zero-order chi connectivity index (χ0) is 16.2. The van der Waals surface area contributed by atoms with Crippen LogP contribution in [-0.2, 0) is 14.6 Å². The van der Waals surface area contributed by atoms with E-state index in [1.165, 1.54) is 17.3 Å². The zero-order valence-electron chi connectivity index (χ0n) is 12.8. The van der Waals surface area contributed by atoms with E-state index in [-0.39, 0.29) is 28.7 Å². The van der Waals surface area contributed by atoms with Gasteiger partial charge in [0.25, 0.3) is 0 Å². The van der Waals surface area contributed by atoms with Crippen molar-refractivity contribution in [2.24, 2.45) is 0 Å². The van der Waals surface area contributed by atoms with Crippen LogP contribution in [0, 0.1) is 0 Å². The van der Waals surface area contributed by atoms with Crippen molar-refractivity contribution in [1.82, 2.24) is 10.2 Å². The standard InChI is InChI=1S/C14H22N2O3S3/c1-16(2)13(11-3-5-20-8-11)7-15-14(17)9-21-12-4-6-22(18,19)10-12/h3,5,8,12-13H,4,6-7,9-10H2,1-2H3,(H,15,17)/t12-,13-/m1/s1. The zero-order valence-corrected chi connectivity index (χ0v) is 15.3. The molecular weight excluding hydrogens is 340 g/mol. The maximum absolute atomic E-state index is 12.0. The molecule has 1 N–H and O–H groups in total. The molecule has 0 aromatic carbocycles. The van der Waals surface area contributed by atoms with E-state index in [1.54, 1.807) is 11.3 Å². The number of amides is 1. The molecule has 5 nitrogen and oxygen atoms in total. The largest absolute Gasteiger partial charge is 0.353 e. The summed E-state index contributed by atoms with van der Waals surface area (Å²) in [5.74, 6) is 0.758. The molecule has 2 atom stereocenters. The summed E-state index contributed by atoms with van der Waals surface area (Å²) < 4.78 is 22.8. The van der Waals surface area contributed by atoms with Gasteiger partial charge < -0.3 is 10.2 Å². The van der Waals surface area contributed by atoms with Crippen LogP contribution in [0.1, 0.15) is 18.0 Å². The summed E-state index contributed by atoms with van der Waals surface area (Å²) in [5, 5.41) is 7.14. The average molecular weight is 363 g/mol. The van der Waals surface area contributed by atoms with Crippen molar-refractivity contribution in [3.8, 4) is 0 Å². The number of carbonyl (C=O) groups is 1. The first kappa shape index (κ1) is 17.8. The molecule has 22 heavy (non-hydrogen) atoms. The molecule has 1 aromatic heterocycles. The van der Waals surface area contributed by atoms with Crippen LogP contribution in [0.2, 0.25) is 0 Å². The van der Waals surface area contributed by atoms with E-state index in [0.29, 0.717) is 18.7 Å². The highest BCUT2D eigenvalue weighted by atomic mass is 32.2. The minimum atomic E-state index is -2.87. The van der Waals surface area contributed by atoms with Gasteiger partial charge in [0.05, 0.1) is 23.3 Å². The average Bonchev–Trinajstić information content (AvgIpc) is 3.06. The highest BCUT2D eigenvalue weighted by Crippen LogP contribution is 2.24. The first-order chi connectivity index (χ1) is 10.4. The van der Waals surface area contributed by atoms with Crippen molar-refractivity contribution < 1.29 is 13.2 Å². The Morgan fingerprint density at radius 2 is 2.32 bits per heavy atom. The fourth-order valence-electron chi connectivity index (χ4n) is 2.41. The molecule has 0 spiro atoms. The molecule has 1 saturated heterocycles. The number of rotatable bonds is 7. The number of thiophene rings is 1. The molecule has 1 amide bonds. The predicted molar refractivity (Wildman–Crippen MR) is 93.3 cm³/mol. The maximum Gasteiger partial charge on any atom is 0.230 e. The van der Waals surface area contributed by atoms with Gasteiger partial charge >= 0.3 is 0 Å². The summed E-state index contributed by atoms with van der Waals surface area (Å²) in [6.07, 6.45) is 0.662. The minimum absolute atomic E-state index is 0.0311. The number of sulfone groups is 1. The number of nitrogens with one attached hydrogen (secondary N) is 1. The summed E-state index contributed by atoms with van der Waals surface area (Å²) in [4.78, 5) is 14.0. The number of hydrogen-bond donors (Lipinski definition) is 1. The van der Waals surface area contributed by atoms with Gasteiger partial charge in [-0.2, -0.15) is 11.3 Å². The highest BCUT2D eigenvalue weighted by molar-refractivity contribution is 8.02. The fourth-order valence-corrected chi connectivity index (χ4v) is 6.59. The van der Waals surface area contributed by atoms with Crippen molar-refractivity contribution in [1.29, 1.82) is 0 Å². The molecule has 1 aliphatic heterocycles. The Morgan fingerprint density at radius 3 is 2.86 bits per heavy atom. The van der Waals surface area contributed by atoms with Gasteiger partial charge in [0, 0.05) is 11.8 Å². The highest BCUT2D eigenvalue weighted by Gasteiger charge is 2.28. The quantitative estimate of drug-likeness (QED) is 0.794. The first-order valence-electron chi connectivity index (χ1n) is 7.14. The van der Waals surface area contributed by atoms with E-state index < -0.39 is 9.84 Å².